The van der Waals surface area contributed by atoms with Gasteiger partial charge in [-0.15, -0.1) is 11.8 Å². The van der Waals surface area contributed by atoms with Crippen molar-refractivity contribution in [2.45, 2.75) is 18.3 Å². The van der Waals surface area contributed by atoms with E-state index in [0.717, 1.165) is 0 Å². The predicted octanol–water partition coefficient (Wildman–Crippen LogP) is -0.614. The Hall–Kier alpha value is -1.44. The van der Waals surface area contributed by atoms with Crippen LogP contribution in [0.25, 0.3) is 0 Å². The SMILES string of the molecule is CC1SCC(C(=O)O)N1C(=O)N1CCNC(=O)C1. The van der Waals surface area contributed by atoms with Crippen LogP contribution in [0.1, 0.15) is 6.92 Å². The Morgan fingerprint density at radius 3 is 2.83 bits per heavy atom. The van der Waals surface area contributed by atoms with Crippen LogP contribution in [0.5, 0.6) is 0 Å². The zero-order valence-corrected chi connectivity index (χ0v) is 10.8. The van der Waals surface area contributed by atoms with Gasteiger partial charge in [0, 0.05) is 18.8 Å². The third-order valence-electron chi connectivity index (χ3n) is 3.04. The normalized spacial score (nSPS) is 28.2. The number of nitrogens with one attached hydrogen (secondary N) is 1. The maximum Gasteiger partial charge on any atom is 0.327 e. The van der Waals surface area contributed by atoms with Gasteiger partial charge in [-0.05, 0) is 6.92 Å². The molecule has 0 bridgehead atoms. The van der Waals surface area contributed by atoms with Gasteiger partial charge in [0.15, 0.2) is 0 Å². The smallest absolute Gasteiger partial charge is 0.327 e. The van der Waals surface area contributed by atoms with Crippen molar-refractivity contribution in [1.29, 1.82) is 0 Å². The number of aliphatic carboxylic acids is 1. The fourth-order valence-corrected chi connectivity index (χ4v) is 3.25. The molecular weight excluding hydrogens is 258 g/mol. The van der Waals surface area contributed by atoms with Gasteiger partial charge in [-0.25, -0.2) is 9.59 Å². The van der Waals surface area contributed by atoms with Crippen LogP contribution in [0.3, 0.4) is 0 Å². The van der Waals surface area contributed by atoms with Crippen molar-refractivity contribution >= 4 is 29.7 Å². The molecule has 8 heteroatoms. The van der Waals surface area contributed by atoms with Crippen LogP contribution in [-0.4, -0.2) is 69.6 Å². The summed E-state index contributed by atoms with van der Waals surface area (Å²) in [6, 6.07) is -1.17. The monoisotopic (exact) mass is 273 g/mol. The average Bonchev–Trinajstić information content (AvgIpc) is 2.70. The fraction of sp³-hybridized carbons (Fsp3) is 0.700. The van der Waals surface area contributed by atoms with E-state index in [9.17, 15) is 14.4 Å². The van der Waals surface area contributed by atoms with Crippen molar-refractivity contribution in [3.05, 3.63) is 0 Å². The molecule has 18 heavy (non-hydrogen) atoms. The summed E-state index contributed by atoms with van der Waals surface area (Å²) in [6.07, 6.45) is 0. The lowest BCUT2D eigenvalue weighted by Gasteiger charge is -2.34. The minimum Gasteiger partial charge on any atom is -0.480 e. The van der Waals surface area contributed by atoms with Crippen LogP contribution in [-0.2, 0) is 9.59 Å². The number of thioether (sulfide) groups is 1. The van der Waals surface area contributed by atoms with Crippen LogP contribution in [0.15, 0.2) is 0 Å². The molecule has 0 aliphatic carbocycles. The van der Waals surface area contributed by atoms with E-state index in [1.165, 1.54) is 21.6 Å². The Labute approximate surface area is 108 Å². The number of hydrogen-bond donors (Lipinski definition) is 2. The fourth-order valence-electron chi connectivity index (χ4n) is 2.09. The number of carbonyl (C=O) groups is 3. The Balaban J connectivity index is 2.10. The predicted molar refractivity (Wildman–Crippen MR) is 65.2 cm³/mol. The number of carboxylic acid groups (broad SMARTS) is 1. The Bertz CT molecular complexity index is 389. The van der Waals surface area contributed by atoms with Gasteiger partial charge in [0.25, 0.3) is 0 Å². The van der Waals surface area contributed by atoms with Crippen molar-refractivity contribution in [2.75, 3.05) is 25.4 Å². The Morgan fingerprint density at radius 2 is 2.22 bits per heavy atom. The molecule has 2 aliphatic rings. The third kappa shape index (κ3) is 2.38. The number of hydrogen-bond acceptors (Lipinski definition) is 4. The summed E-state index contributed by atoms with van der Waals surface area (Å²) in [6.45, 7) is 2.64. The molecule has 0 radical (unpaired) electrons. The summed E-state index contributed by atoms with van der Waals surface area (Å²) < 4.78 is 0. The largest absolute Gasteiger partial charge is 0.480 e. The van der Waals surface area contributed by atoms with Crippen LogP contribution < -0.4 is 5.32 Å². The van der Waals surface area contributed by atoms with Crippen LogP contribution in [0.4, 0.5) is 4.79 Å². The molecule has 2 aliphatic heterocycles. The first kappa shape index (κ1) is 13.0. The number of nitrogens with zero attached hydrogens (tertiary/aromatic N) is 2. The molecule has 0 aromatic rings. The number of carboxylic acids is 1. The van der Waals surface area contributed by atoms with Gasteiger partial charge < -0.3 is 15.3 Å². The molecule has 7 nitrogen and oxygen atoms in total. The van der Waals surface area contributed by atoms with Crippen molar-refractivity contribution in [3.63, 3.8) is 0 Å². The number of amides is 3. The molecule has 2 unspecified atom stereocenters. The van der Waals surface area contributed by atoms with E-state index in [0.29, 0.717) is 18.8 Å². The summed E-state index contributed by atoms with van der Waals surface area (Å²) >= 11 is 1.43. The Morgan fingerprint density at radius 1 is 1.50 bits per heavy atom. The summed E-state index contributed by atoms with van der Waals surface area (Å²) in [5.41, 5.74) is 0. The second-order valence-electron chi connectivity index (χ2n) is 4.25. The van der Waals surface area contributed by atoms with E-state index < -0.39 is 12.0 Å². The lowest BCUT2D eigenvalue weighted by atomic mass is 10.3. The van der Waals surface area contributed by atoms with Gasteiger partial charge in [0.1, 0.15) is 12.6 Å². The van der Waals surface area contributed by atoms with E-state index >= 15 is 0 Å². The minimum atomic E-state index is -0.998. The van der Waals surface area contributed by atoms with Crippen LogP contribution >= 0.6 is 11.8 Å². The van der Waals surface area contributed by atoms with Gasteiger partial charge in [-0.1, -0.05) is 0 Å². The minimum absolute atomic E-state index is 0.000933. The first-order chi connectivity index (χ1) is 8.50. The maximum absolute atomic E-state index is 12.3. The van der Waals surface area contributed by atoms with Crippen molar-refractivity contribution in [2.24, 2.45) is 0 Å². The van der Waals surface area contributed by atoms with E-state index in [1.807, 2.05) is 0 Å². The van der Waals surface area contributed by atoms with Crippen molar-refractivity contribution < 1.29 is 19.5 Å². The lowest BCUT2D eigenvalue weighted by Crippen LogP contribution is -2.57. The molecule has 2 fully saturated rings. The van der Waals surface area contributed by atoms with Gasteiger partial charge in [-0.3, -0.25) is 9.69 Å². The van der Waals surface area contributed by atoms with E-state index in [-0.39, 0.29) is 23.9 Å². The van der Waals surface area contributed by atoms with Gasteiger partial charge >= 0.3 is 12.0 Å². The van der Waals surface area contributed by atoms with Crippen LogP contribution in [0.2, 0.25) is 0 Å². The van der Waals surface area contributed by atoms with Gasteiger partial charge in [-0.2, -0.15) is 0 Å². The summed E-state index contributed by atoms with van der Waals surface area (Å²) in [4.78, 5) is 37.4. The third-order valence-corrected chi connectivity index (χ3v) is 4.26. The zero-order valence-electron chi connectivity index (χ0n) is 9.96. The summed E-state index contributed by atoms with van der Waals surface area (Å²) in [7, 11) is 0. The zero-order chi connectivity index (χ0) is 13.3. The summed E-state index contributed by atoms with van der Waals surface area (Å²) in [5, 5.41) is 11.5. The number of urea groups is 1. The highest BCUT2D eigenvalue weighted by atomic mass is 32.2. The second kappa shape index (κ2) is 5.05. The lowest BCUT2D eigenvalue weighted by molar-refractivity contribution is -0.141. The highest BCUT2D eigenvalue weighted by molar-refractivity contribution is 8.00. The molecular formula is C10H15N3O4S. The molecule has 2 N–H and O–H groups in total. The van der Waals surface area contributed by atoms with Gasteiger partial charge in [0.05, 0.1) is 5.37 Å². The topological polar surface area (TPSA) is 89.9 Å². The van der Waals surface area contributed by atoms with E-state index in [4.69, 9.17) is 5.11 Å². The van der Waals surface area contributed by atoms with Crippen molar-refractivity contribution in [1.82, 2.24) is 15.1 Å². The first-order valence-corrected chi connectivity index (χ1v) is 6.74. The molecule has 3 amide bonds. The Kier molecular flexibility index (Phi) is 3.65. The average molecular weight is 273 g/mol. The van der Waals surface area contributed by atoms with Crippen LogP contribution in [0, 0.1) is 0 Å². The number of carbonyl (C=O) groups excluding carboxylic acids is 2. The first-order valence-electron chi connectivity index (χ1n) is 5.69. The maximum atomic E-state index is 12.3. The second-order valence-corrected chi connectivity index (χ2v) is 5.60. The molecule has 2 atom stereocenters. The number of piperazine rings is 1. The van der Waals surface area contributed by atoms with Crippen molar-refractivity contribution in [3.8, 4) is 0 Å². The molecule has 2 saturated heterocycles. The van der Waals surface area contributed by atoms with Gasteiger partial charge in [0.2, 0.25) is 5.91 Å². The molecule has 2 heterocycles. The molecule has 0 aromatic carbocycles. The molecule has 0 spiro atoms. The number of rotatable bonds is 1. The molecule has 2 rings (SSSR count). The highest BCUT2D eigenvalue weighted by Crippen LogP contribution is 2.29. The van der Waals surface area contributed by atoms with E-state index in [1.54, 1.807) is 6.92 Å². The highest BCUT2D eigenvalue weighted by Gasteiger charge is 2.41. The molecule has 0 saturated carbocycles. The molecule has 100 valence electrons. The summed E-state index contributed by atoms with van der Waals surface area (Å²) in [5.74, 6) is -0.815. The molecule has 0 aromatic heterocycles. The quantitative estimate of drug-likeness (QED) is 0.665. The van der Waals surface area contributed by atoms with E-state index in [2.05, 4.69) is 5.32 Å². The standard InChI is InChI=1S/C10H15N3O4S/c1-6-13(7(5-18-6)9(15)16)10(17)12-3-2-11-8(14)4-12/h6-7H,2-5H2,1H3,(H,11,14)(H,15,16).